The number of carbonyl (C=O) groups excluding carboxylic acids is 1. The zero-order valence-corrected chi connectivity index (χ0v) is 22.6. The molecular weight excluding hydrogens is 551 g/mol. The Bertz CT molecular complexity index is 1740. The lowest BCUT2D eigenvalue weighted by Crippen LogP contribution is -2.33. The van der Waals surface area contributed by atoms with Crippen molar-refractivity contribution in [3.8, 4) is 17.1 Å². The van der Waals surface area contributed by atoms with Crippen LogP contribution in [-0.4, -0.2) is 49.4 Å². The highest BCUT2D eigenvalue weighted by Crippen LogP contribution is 2.31. The maximum absolute atomic E-state index is 13.5. The van der Waals surface area contributed by atoms with E-state index < -0.39 is 33.0 Å². The Kier molecular flexibility index (Phi) is 7.57. The van der Waals surface area contributed by atoms with Crippen LogP contribution in [0, 0.1) is 6.92 Å². The molecule has 1 amide bonds. The number of nitrogens with zero attached hydrogens (tertiary/aromatic N) is 4. The highest BCUT2D eigenvalue weighted by atomic mass is 32.2. The Balaban J connectivity index is 1.80. The van der Waals surface area contributed by atoms with Gasteiger partial charge in [-0.05, 0) is 48.9 Å². The van der Waals surface area contributed by atoms with Gasteiger partial charge in [0.2, 0.25) is 0 Å². The molecule has 0 atom stereocenters. The molecule has 4 rings (SSSR count). The first-order valence-electron chi connectivity index (χ1n) is 11.7. The first-order chi connectivity index (χ1) is 18.7. The van der Waals surface area contributed by atoms with Crippen LogP contribution in [0.3, 0.4) is 0 Å². The molecule has 4 aromatic rings. The molecule has 1 N–H and O–H groups in total. The number of pyridine rings is 1. The van der Waals surface area contributed by atoms with Gasteiger partial charge in [0.1, 0.15) is 5.56 Å². The molecule has 0 unspecified atom stereocenters. The molecular formula is C26H24F3N5O5S. The molecule has 0 fully saturated rings. The molecule has 10 nitrogen and oxygen atoms in total. The Labute approximate surface area is 227 Å². The molecule has 14 heteroatoms. The van der Waals surface area contributed by atoms with Crippen molar-refractivity contribution in [1.82, 2.24) is 20.1 Å². The smallest absolute Gasteiger partial charge is 0.403 e. The zero-order chi connectivity index (χ0) is 29.4. The topological polar surface area (TPSA) is 127 Å². The number of nitrogens with one attached hydrogen (secondary N) is 1. The minimum Gasteiger partial charge on any atom is -0.403 e. The SMILES string of the molecule is Cc1c(-c2nnc(N(C)C)o2)cc(C(=O)NCc2ccc(S(C)(=O)=O)cc2)c(=O)n1-c1cccc(C(F)(F)F)c1. The molecule has 0 aliphatic heterocycles. The van der Waals surface area contributed by atoms with E-state index >= 15 is 0 Å². The molecule has 0 spiro atoms. The number of alkyl halides is 3. The van der Waals surface area contributed by atoms with Crippen LogP contribution in [0.25, 0.3) is 17.1 Å². The molecule has 40 heavy (non-hydrogen) atoms. The van der Waals surface area contributed by atoms with Crippen molar-refractivity contribution in [2.24, 2.45) is 0 Å². The maximum atomic E-state index is 13.5. The van der Waals surface area contributed by atoms with Crippen LogP contribution in [0.1, 0.15) is 27.2 Å². The summed E-state index contributed by atoms with van der Waals surface area (Å²) in [4.78, 5) is 28.4. The molecule has 0 saturated carbocycles. The Hall–Kier alpha value is -4.46. The number of sulfone groups is 1. The van der Waals surface area contributed by atoms with E-state index in [4.69, 9.17) is 4.42 Å². The number of hydrogen-bond acceptors (Lipinski definition) is 8. The molecule has 2 aromatic heterocycles. The third kappa shape index (κ3) is 5.91. The lowest BCUT2D eigenvalue weighted by molar-refractivity contribution is -0.137. The minimum atomic E-state index is -4.66. The molecule has 0 bridgehead atoms. The Morgan fingerprint density at radius 1 is 1.07 bits per heavy atom. The van der Waals surface area contributed by atoms with Crippen LogP contribution < -0.4 is 15.8 Å². The van der Waals surface area contributed by atoms with Gasteiger partial charge < -0.3 is 14.6 Å². The molecule has 2 heterocycles. The molecule has 0 aliphatic carbocycles. The molecule has 2 aromatic carbocycles. The number of halogens is 3. The number of benzene rings is 2. The number of rotatable bonds is 7. The summed E-state index contributed by atoms with van der Waals surface area (Å²) in [5.41, 5.74) is -1.44. The maximum Gasteiger partial charge on any atom is 0.416 e. The van der Waals surface area contributed by atoms with Crippen LogP contribution in [0.15, 0.2) is 68.7 Å². The van der Waals surface area contributed by atoms with E-state index in [1.54, 1.807) is 14.1 Å². The van der Waals surface area contributed by atoms with Crippen molar-refractivity contribution in [2.75, 3.05) is 25.3 Å². The van der Waals surface area contributed by atoms with Gasteiger partial charge in [0.05, 0.1) is 16.0 Å². The average Bonchev–Trinajstić information content (AvgIpc) is 3.37. The van der Waals surface area contributed by atoms with E-state index in [1.165, 1.54) is 48.2 Å². The predicted molar refractivity (Wildman–Crippen MR) is 140 cm³/mol. The van der Waals surface area contributed by atoms with E-state index in [0.717, 1.165) is 29.0 Å². The first kappa shape index (κ1) is 28.5. The molecule has 0 saturated heterocycles. The van der Waals surface area contributed by atoms with Gasteiger partial charge in [-0.15, -0.1) is 5.10 Å². The fourth-order valence-corrected chi connectivity index (χ4v) is 4.48. The van der Waals surface area contributed by atoms with E-state index in [-0.39, 0.29) is 45.9 Å². The van der Waals surface area contributed by atoms with Gasteiger partial charge in [0.25, 0.3) is 17.4 Å². The Morgan fingerprint density at radius 3 is 2.33 bits per heavy atom. The van der Waals surface area contributed by atoms with Crippen LogP contribution in [0.5, 0.6) is 0 Å². The zero-order valence-electron chi connectivity index (χ0n) is 21.8. The first-order valence-corrected chi connectivity index (χ1v) is 13.6. The summed E-state index contributed by atoms with van der Waals surface area (Å²) < 4.78 is 70.3. The van der Waals surface area contributed by atoms with E-state index in [9.17, 15) is 31.2 Å². The fraction of sp³-hybridized carbons (Fsp3) is 0.231. The van der Waals surface area contributed by atoms with E-state index in [0.29, 0.717) is 5.56 Å². The third-order valence-corrected chi connectivity index (χ3v) is 7.08. The largest absolute Gasteiger partial charge is 0.416 e. The second-order valence-electron chi connectivity index (χ2n) is 9.13. The van der Waals surface area contributed by atoms with Gasteiger partial charge in [0, 0.05) is 38.3 Å². The minimum absolute atomic E-state index is 0.0488. The summed E-state index contributed by atoms with van der Waals surface area (Å²) in [6, 6.07) is 11.3. The molecule has 0 aliphatic rings. The van der Waals surface area contributed by atoms with E-state index in [1.807, 2.05) is 0 Å². The summed E-state index contributed by atoms with van der Waals surface area (Å²) in [6.07, 6.45) is -3.59. The standard InChI is InChI=1S/C26H24F3N5O5S/c1-15-20(23-31-32-25(39-23)33(2)3)13-21(22(35)30-14-16-8-10-19(11-9-16)40(4,37)38)24(36)34(15)18-7-5-6-17(12-18)26(27,28)29/h5-13H,14H2,1-4H3,(H,30,35). The fourth-order valence-electron chi connectivity index (χ4n) is 3.85. The molecule has 0 radical (unpaired) electrons. The van der Waals surface area contributed by atoms with Gasteiger partial charge in [-0.1, -0.05) is 23.3 Å². The number of anilines is 1. The van der Waals surface area contributed by atoms with Crippen molar-refractivity contribution in [1.29, 1.82) is 0 Å². The van der Waals surface area contributed by atoms with Gasteiger partial charge in [0.15, 0.2) is 9.84 Å². The van der Waals surface area contributed by atoms with Crippen LogP contribution >= 0.6 is 0 Å². The van der Waals surface area contributed by atoms with Crippen LogP contribution in [0.4, 0.5) is 19.2 Å². The predicted octanol–water partition coefficient (Wildman–Crippen LogP) is 3.61. The van der Waals surface area contributed by atoms with Crippen molar-refractivity contribution in [3.63, 3.8) is 0 Å². The van der Waals surface area contributed by atoms with Gasteiger partial charge >= 0.3 is 12.2 Å². The summed E-state index contributed by atoms with van der Waals surface area (Å²) in [5, 5.41) is 10.5. The van der Waals surface area contributed by atoms with Crippen molar-refractivity contribution in [2.45, 2.75) is 24.5 Å². The highest BCUT2D eigenvalue weighted by molar-refractivity contribution is 7.90. The number of carbonyl (C=O) groups is 1. The Morgan fingerprint density at radius 2 is 1.75 bits per heavy atom. The number of hydrogen-bond donors (Lipinski definition) is 1. The summed E-state index contributed by atoms with van der Waals surface area (Å²) >= 11 is 0. The second-order valence-corrected chi connectivity index (χ2v) is 11.1. The van der Waals surface area contributed by atoms with Crippen LogP contribution in [0.2, 0.25) is 0 Å². The average molecular weight is 576 g/mol. The van der Waals surface area contributed by atoms with E-state index in [2.05, 4.69) is 15.5 Å². The monoisotopic (exact) mass is 575 g/mol. The normalized spacial score (nSPS) is 11.9. The lowest BCUT2D eigenvalue weighted by Gasteiger charge is -2.17. The number of amides is 1. The molecule has 210 valence electrons. The van der Waals surface area contributed by atoms with Gasteiger partial charge in [-0.2, -0.15) is 13.2 Å². The quantitative estimate of drug-likeness (QED) is 0.354. The van der Waals surface area contributed by atoms with Crippen molar-refractivity contribution >= 4 is 21.8 Å². The van der Waals surface area contributed by atoms with Gasteiger partial charge in [-0.25, -0.2) is 8.42 Å². The number of aromatic nitrogens is 3. The highest BCUT2D eigenvalue weighted by Gasteiger charge is 2.31. The third-order valence-electron chi connectivity index (χ3n) is 5.96. The summed E-state index contributed by atoms with van der Waals surface area (Å²) in [5.74, 6) is -0.862. The van der Waals surface area contributed by atoms with Crippen molar-refractivity contribution < 1.29 is 30.8 Å². The summed E-state index contributed by atoms with van der Waals surface area (Å²) in [6.45, 7) is 1.43. The van der Waals surface area contributed by atoms with Gasteiger partial charge in [-0.3, -0.25) is 14.2 Å². The summed E-state index contributed by atoms with van der Waals surface area (Å²) in [7, 11) is -0.0832. The lowest BCUT2D eigenvalue weighted by atomic mass is 10.1. The van der Waals surface area contributed by atoms with Crippen LogP contribution in [-0.2, 0) is 22.6 Å². The second kappa shape index (κ2) is 10.6. The van der Waals surface area contributed by atoms with Crippen molar-refractivity contribution in [3.05, 3.63) is 87.3 Å².